The van der Waals surface area contributed by atoms with Crippen molar-refractivity contribution in [1.82, 2.24) is 10.2 Å². The molecule has 2 amide bonds. The third-order valence-corrected chi connectivity index (χ3v) is 4.80. The third kappa shape index (κ3) is 4.16. The number of amides is 2. The van der Waals surface area contributed by atoms with Gasteiger partial charge in [0, 0.05) is 38.4 Å². The Hall–Kier alpha value is -1.99. The number of hydrogen-bond acceptors (Lipinski definition) is 4. The van der Waals surface area contributed by atoms with Gasteiger partial charge in [0.25, 0.3) is 0 Å². The summed E-state index contributed by atoms with van der Waals surface area (Å²) >= 11 is 0. The highest BCUT2D eigenvalue weighted by atomic mass is 19.1. The zero-order valence-electron chi connectivity index (χ0n) is 14.5. The highest BCUT2D eigenvalue weighted by Crippen LogP contribution is 2.28. The Labute approximate surface area is 146 Å². The first-order valence-electron chi connectivity index (χ1n) is 8.71. The van der Waals surface area contributed by atoms with Gasteiger partial charge in [-0.05, 0) is 37.1 Å². The summed E-state index contributed by atoms with van der Waals surface area (Å²) in [7, 11) is 0. The predicted molar refractivity (Wildman–Crippen MR) is 91.9 cm³/mol. The van der Waals surface area contributed by atoms with E-state index in [2.05, 4.69) is 10.2 Å². The number of benzene rings is 1. The van der Waals surface area contributed by atoms with Crippen molar-refractivity contribution >= 4 is 17.5 Å². The Morgan fingerprint density at radius 1 is 1.32 bits per heavy atom. The Bertz CT molecular complexity index is 646. The molecule has 2 saturated heterocycles. The molecule has 1 unspecified atom stereocenters. The van der Waals surface area contributed by atoms with Crippen molar-refractivity contribution in [2.45, 2.75) is 13.3 Å². The number of aryl methyl sites for hydroxylation is 1. The molecule has 0 saturated carbocycles. The van der Waals surface area contributed by atoms with Crippen molar-refractivity contribution in [3.63, 3.8) is 0 Å². The van der Waals surface area contributed by atoms with Gasteiger partial charge in [0.15, 0.2) is 0 Å². The monoisotopic (exact) mass is 349 g/mol. The molecule has 1 N–H and O–H groups in total. The van der Waals surface area contributed by atoms with Gasteiger partial charge in [0.05, 0.1) is 13.2 Å². The maximum Gasteiger partial charge on any atom is 0.239 e. The van der Waals surface area contributed by atoms with E-state index in [0.29, 0.717) is 30.8 Å². The van der Waals surface area contributed by atoms with Gasteiger partial charge in [-0.15, -0.1) is 0 Å². The predicted octanol–water partition coefficient (Wildman–Crippen LogP) is 0.935. The lowest BCUT2D eigenvalue weighted by Crippen LogP contribution is -2.43. The number of hydrogen-bond donors (Lipinski definition) is 1. The summed E-state index contributed by atoms with van der Waals surface area (Å²) in [6.07, 6.45) is 0.485. The average molecular weight is 349 g/mol. The fraction of sp³-hybridized carbons (Fsp3) is 0.556. The molecule has 1 aromatic carbocycles. The summed E-state index contributed by atoms with van der Waals surface area (Å²) in [4.78, 5) is 28.8. The van der Waals surface area contributed by atoms with Crippen LogP contribution in [0.4, 0.5) is 10.1 Å². The topological polar surface area (TPSA) is 61.9 Å². The summed E-state index contributed by atoms with van der Waals surface area (Å²) in [6, 6.07) is 4.34. The number of carbonyl (C=O) groups is 2. The van der Waals surface area contributed by atoms with Gasteiger partial charge in [-0.1, -0.05) is 0 Å². The summed E-state index contributed by atoms with van der Waals surface area (Å²) in [5.74, 6) is -1.42. The molecule has 25 heavy (non-hydrogen) atoms. The van der Waals surface area contributed by atoms with Crippen LogP contribution < -0.4 is 10.2 Å². The molecule has 3 rings (SSSR count). The molecule has 2 fully saturated rings. The molecule has 2 aliphatic rings. The van der Waals surface area contributed by atoms with E-state index in [1.54, 1.807) is 17.9 Å². The molecule has 136 valence electrons. The van der Waals surface area contributed by atoms with Gasteiger partial charge in [-0.25, -0.2) is 4.39 Å². The number of carbonyl (C=O) groups excluding carboxylic acids is 2. The van der Waals surface area contributed by atoms with Crippen molar-refractivity contribution in [1.29, 1.82) is 0 Å². The quantitative estimate of drug-likeness (QED) is 0.804. The van der Waals surface area contributed by atoms with Gasteiger partial charge in [-0.2, -0.15) is 0 Å². The van der Waals surface area contributed by atoms with E-state index in [9.17, 15) is 14.0 Å². The standard InChI is InChI=1S/C18H24FN3O3/c1-13-12-14(19)2-3-16(13)22-6-4-15(18(22)24)17(23)20-5-7-21-8-10-25-11-9-21/h2-3,12,15H,4-11H2,1H3,(H,20,23). The van der Waals surface area contributed by atoms with Crippen LogP contribution in [0.5, 0.6) is 0 Å². The fourth-order valence-corrected chi connectivity index (χ4v) is 3.37. The van der Waals surface area contributed by atoms with E-state index < -0.39 is 5.92 Å². The molecule has 2 aliphatic heterocycles. The fourth-order valence-electron chi connectivity index (χ4n) is 3.37. The molecule has 0 spiro atoms. The van der Waals surface area contributed by atoms with Crippen LogP contribution in [0.1, 0.15) is 12.0 Å². The summed E-state index contributed by atoms with van der Waals surface area (Å²) in [5.41, 5.74) is 1.37. The van der Waals surface area contributed by atoms with Crippen molar-refractivity contribution in [3.8, 4) is 0 Å². The summed E-state index contributed by atoms with van der Waals surface area (Å²) in [6.45, 7) is 6.72. The Balaban J connectivity index is 1.53. The minimum atomic E-state index is -0.658. The van der Waals surface area contributed by atoms with E-state index >= 15 is 0 Å². The smallest absolute Gasteiger partial charge is 0.239 e. The lowest BCUT2D eigenvalue weighted by atomic mass is 10.1. The number of halogens is 1. The van der Waals surface area contributed by atoms with Gasteiger partial charge in [0.1, 0.15) is 11.7 Å². The Kier molecular flexibility index (Phi) is 5.65. The molecular formula is C18H24FN3O3. The van der Waals surface area contributed by atoms with E-state index in [1.807, 2.05) is 0 Å². The lowest BCUT2D eigenvalue weighted by Gasteiger charge is -2.26. The molecule has 0 bridgehead atoms. The molecule has 0 aliphatic carbocycles. The first kappa shape index (κ1) is 17.8. The van der Waals surface area contributed by atoms with Crippen LogP contribution in [-0.4, -0.2) is 62.7 Å². The van der Waals surface area contributed by atoms with Gasteiger partial charge in [-0.3, -0.25) is 14.5 Å². The molecule has 7 heteroatoms. The minimum absolute atomic E-state index is 0.210. The maximum atomic E-state index is 13.2. The van der Waals surface area contributed by atoms with Gasteiger partial charge < -0.3 is 15.0 Å². The van der Waals surface area contributed by atoms with Crippen LogP contribution in [0, 0.1) is 18.7 Å². The summed E-state index contributed by atoms with van der Waals surface area (Å²) < 4.78 is 18.5. The van der Waals surface area contributed by atoms with Crippen LogP contribution in [0.3, 0.4) is 0 Å². The second-order valence-electron chi connectivity index (χ2n) is 6.51. The number of nitrogens with one attached hydrogen (secondary N) is 1. The molecule has 1 aromatic rings. The molecule has 0 aromatic heterocycles. The highest BCUT2D eigenvalue weighted by molar-refractivity contribution is 6.09. The SMILES string of the molecule is Cc1cc(F)ccc1N1CCC(C(=O)NCCN2CCOCC2)C1=O. The van der Waals surface area contributed by atoms with Crippen LogP contribution in [0.25, 0.3) is 0 Å². The Morgan fingerprint density at radius 2 is 2.08 bits per heavy atom. The zero-order valence-corrected chi connectivity index (χ0v) is 14.5. The van der Waals surface area contributed by atoms with E-state index in [1.165, 1.54) is 12.1 Å². The Morgan fingerprint density at radius 3 is 2.80 bits per heavy atom. The lowest BCUT2D eigenvalue weighted by molar-refractivity contribution is -0.132. The highest BCUT2D eigenvalue weighted by Gasteiger charge is 2.37. The normalized spacial score (nSPS) is 21.6. The van der Waals surface area contributed by atoms with Crippen molar-refractivity contribution in [3.05, 3.63) is 29.6 Å². The summed E-state index contributed by atoms with van der Waals surface area (Å²) in [5, 5.41) is 2.87. The van der Waals surface area contributed by atoms with Crippen LogP contribution >= 0.6 is 0 Å². The van der Waals surface area contributed by atoms with Crippen LogP contribution in [0.15, 0.2) is 18.2 Å². The van der Waals surface area contributed by atoms with E-state index in [-0.39, 0.29) is 17.6 Å². The molecule has 0 radical (unpaired) electrons. The van der Waals surface area contributed by atoms with Crippen LogP contribution in [0.2, 0.25) is 0 Å². The number of morpholine rings is 1. The largest absolute Gasteiger partial charge is 0.379 e. The minimum Gasteiger partial charge on any atom is -0.379 e. The number of rotatable bonds is 5. The van der Waals surface area contributed by atoms with E-state index in [0.717, 1.165) is 32.8 Å². The number of anilines is 1. The third-order valence-electron chi connectivity index (χ3n) is 4.80. The van der Waals surface area contributed by atoms with Crippen molar-refractivity contribution in [2.24, 2.45) is 5.92 Å². The molecular weight excluding hydrogens is 325 g/mol. The van der Waals surface area contributed by atoms with Crippen LogP contribution in [-0.2, 0) is 14.3 Å². The van der Waals surface area contributed by atoms with Gasteiger partial charge >= 0.3 is 0 Å². The van der Waals surface area contributed by atoms with Crippen molar-refractivity contribution < 1.29 is 18.7 Å². The van der Waals surface area contributed by atoms with Gasteiger partial charge in [0.2, 0.25) is 11.8 Å². The number of ether oxygens (including phenoxy) is 1. The maximum absolute atomic E-state index is 13.2. The second-order valence-corrected chi connectivity index (χ2v) is 6.51. The first-order valence-corrected chi connectivity index (χ1v) is 8.71. The van der Waals surface area contributed by atoms with Crippen molar-refractivity contribution in [2.75, 3.05) is 50.8 Å². The molecule has 1 atom stereocenters. The second kappa shape index (κ2) is 7.93. The van der Waals surface area contributed by atoms with E-state index in [4.69, 9.17) is 4.74 Å². The number of nitrogens with zero attached hydrogens (tertiary/aromatic N) is 2. The zero-order chi connectivity index (χ0) is 17.8. The molecule has 6 nitrogen and oxygen atoms in total. The average Bonchev–Trinajstić information content (AvgIpc) is 2.97. The first-order chi connectivity index (χ1) is 12.1. The molecule has 2 heterocycles.